The highest BCUT2D eigenvalue weighted by Crippen LogP contribution is 2.31. The third-order valence-electron chi connectivity index (χ3n) is 2.77. The molecule has 4 nitrogen and oxygen atoms in total. The first kappa shape index (κ1) is 13.8. The highest BCUT2D eigenvalue weighted by Gasteiger charge is 2.30. The van der Waals surface area contributed by atoms with E-state index in [1.165, 1.54) is 0 Å². The molecule has 17 heavy (non-hydrogen) atoms. The van der Waals surface area contributed by atoms with Crippen molar-refractivity contribution in [1.29, 1.82) is 0 Å². The Balaban J connectivity index is 2.86. The Morgan fingerprint density at radius 2 is 2.12 bits per heavy atom. The molecule has 96 valence electrons. The second kappa shape index (κ2) is 6.47. The molecule has 0 aromatic carbocycles. The first-order valence-electron chi connectivity index (χ1n) is 5.55. The lowest BCUT2D eigenvalue weighted by atomic mass is 9.92. The van der Waals surface area contributed by atoms with E-state index in [0.29, 0.717) is 12.8 Å². The van der Waals surface area contributed by atoms with Gasteiger partial charge in [0, 0.05) is 20.1 Å². The van der Waals surface area contributed by atoms with Gasteiger partial charge in [-0.15, -0.1) is 0 Å². The van der Waals surface area contributed by atoms with Gasteiger partial charge in [-0.2, -0.15) is 0 Å². The molecule has 1 rings (SSSR count). The standard InChI is InChI=1S/C13H20O4/c1-15-11-6-8-13(17-3,7-4-5-9-14)10-12(11)16-2/h4,6-8,14H,5,9-10H2,1-3H3/b7-4+. The van der Waals surface area contributed by atoms with Crippen molar-refractivity contribution < 1.29 is 19.3 Å². The molecule has 0 saturated heterocycles. The van der Waals surface area contributed by atoms with Gasteiger partial charge in [-0.1, -0.05) is 12.2 Å². The van der Waals surface area contributed by atoms with Gasteiger partial charge in [-0.05, 0) is 18.6 Å². The highest BCUT2D eigenvalue weighted by atomic mass is 16.5. The average molecular weight is 240 g/mol. The molecule has 0 amide bonds. The molecule has 1 N–H and O–H groups in total. The molecule has 1 atom stereocenters. The molecule has 0 bridgehead atoms. The summed E-state index contributed by atoms with van der Waals surface area (Å²) in [7, 11) is 4.88. The number of aliphatic hydroxyl groups is 1. The topological polar surface area (TPSA) is 47.9 Å². The Morgan fingerprint density at radius 1 is 1.35 bits per heavy atom. The van der Waals surface area contributed by atoms with Crippen molar-refractivity contribution in [1.82, 2.24) is 0 Å². The highest BCUT2D eigenvalue weighted by molar-refractivity contribution is 5.32. The maximum atomic E-state index is 8.77. The van der Waals surface area contributed by atoms with Crippen molar-refractivity contribution in [3.05, 3.63) is 35.8 Å². The minimum atomic E-state index is -0.511. The van der Waals surface area contributed by atoms with E-state index in [2.05, 4.69) is 0 Å². The maximum Gasteiger partial charge on any atom is 0.156 e. The van der Waals surface area contributed by atoms with Crippen molar-refractivity contribution in [2.45, 2.75) is 18.4 Å². The summed E-state index contributed by atoms with van der Waals surface area (Å²) >= 11 is 0. The summed E-state index contributed by atoms with van der Waals surface area (Å²) in [6.07, 6.45) is 8.81. The number of ether oxygens (including phenoxy) is 3. The number of methoxy groups -OCH3 is 3. The zero-order chi connectivity index (χ0) is 12.7. The van der Waals surface area contributed by atoms with Gasteiger partial charge < -0.3 is 19.3 Å². The Bertz CT molecular complexity index is 330. The van der Waals surface area contributed by atoms with E-state index in [9.17, 15) is 0 Å². The third-order valence-corrected chi connectivity index (χ3v) is 2.77. The average Bonchev–Trinajstić information content (AvgIpc) is 2.38. The van der Waals surface area contributed by atoms with Crippen molar-refractivity contribution >= 4 is 0 Å². The minimum Gasteiger partial charge on any atom is -0.497 e. The van der Waals surface area contributed by atoms with Crippen LogP contribution in [0.5, 0.6) is 0 Å². The van der Waals surface area contributed by atoms with Crippen LogP contribution in [0, 0.1) is 0 Å². The lowest BCUT2D eigenvalue weighted by molar-refractivity contribution is 0.0535. The molecule has 0 aliphatic heterocycles. The van der Waals surface area contributed by atoms with Crippen LogP contribution in [0.2, 0.25) is 0 Å². The van der Waals surface area contributed by atoms with E-state index in [4.69, 9.17) is 19.3 Å². The number of hydrogen-bond donors (Lipinski definition) is 1. The van der Waals surface area contributed by atoms with Crippen molar-refractivity contribution in [3.63, 3.8) is 0 Å². The van der Waals surface area contributed by atoms with Crippen LogP contribution < -0.4 is 0 Å². The fraction of sp³-hybridized carbons (Fsp3) is 0.538. The van der Waals surface area contributed by atoms with E-state index in [1.807, 2.05) is 24.3 Å². The first-order chi connectivity index (χ1) is 8.21. The molecule has 0 saturated carbocycles. The largest absolute Gasteiger partial charge is 0.497 e. The van der Waals surface area contributed by atoms with E-state index < -0.39 is 5.60 Å². The summed E-state index contributed by atoms with van der Waals surface area (Å²) in [5.74, 6) is 1.47. The Hall–Kier alpha value is -1.26. The number of rotatable bonds is 6. The SMILES string of the molecule is COC1=C(OC)CC(/C=C/CCO)(OC)C=C1. The van der Waals surface area contributed by atoms with Crippen molar-refractivity contribution in [3.8, 4) is 0 Å². The fourth-order valence-electron chi connectivity index (χ4n) is 1.74. The number of hydrogen-bond acceptors (Lipinski definition) is 4. The summed E-state index contributed by atoms with van der Waals surface area (Å²) in [5, 5.41) is 8.77. The van der Waals surface area contributed by atoms with Gasteiger partial charge >= 0.3 is 0 Å². The molecule has 1 aliphatic carbocycles. The maximum absolute atomic E-state index is 8.77. The van der Waals surface area contributed by atoms with Crippen LogP contribution in [0.4, 0.5) is 0 Å². The fourth-order valence-corrected chi connectivity index (χ4v) is 1.74. The molecule has 0 radical (unpaired) electrons. The zero-order valence-electron chi connectivity index (χ0n) is 10.6. The quantitative estimate of drug-likeness (QED) is 0.719. The monoisotopic (exact) mass is 240 g/mol. The zero-order valence-corrected chi connectivity index (χ0v) is 10.6. The Kier molecular flexibility index (Phi) is 5.25. The van der Waals surface area contributed by atoms with Gasteiger partial charge in [-0.3, -0.25) is 0 Å². The van der Waals surface area contributed by atoms with E-state index in [1.54, 1.807) is 21.3 Å². The van der Waals surface area contributed by atoms with Crippen LogP contribution in [0.25, 0.3) is 0 Å². The molecule has 0 aromatic heterocycles. The van der Waals surface area contributed by atoms with Crippen LogP contribution in [-0.2, 0) is 14.2 Å². The van der Waals surface area contributed by atoms with Crippen LogP contribution in [0.3, 0.4) is 0 Å². The summed E-state index contributed by atoms with van der Waals surface area (Å²) in [6.45, 7) is 0.135. The van der Waals surface area contributed by atoms with Crippen LogP contribution in [0.15, 0.2) is 35.8 Å². The predicted octanol–water partition coefficient (Wildman–Crippen LogP) is 1.77. The first-order valence-corrected chi connectivity index (χ1v) is 5.55. The number of aliphatic hydroxyl groups excluding tert-OH is 1. The normalized spacial score (nSPS) is 24.5. The minimum absolute atomic E-state index is 0.135. The van der Waals surface area contributed by atoms with Gasteiger partial charge in [0.25, 0.3) is 0 Å². The summed E-state index contributed by atoms with van der Waals surface area (Å²) < 4.78 is 16.0. The van der Waals surface area contributed by atoms with Gasteiger partial charge in [0.15, 0.2) is 5.76 Å². The molecule has 0 aromatic rings. The smallest absolute Gasteiger partial charge is 0.156 e. The van der Waals surface area contributed by atoms with Crippen LogP contribution >= 0.6 is 0 Å². The summed E-state index contributed by atoms with van der Waals surface area (Å²) in [5.41, 5.74) is -0.511. The van der Waals surface area contributed by atoms with Crippen molar-refractivity contribution in [2.75, 3.05) is 27.9 Å². The second-order valence-electron chi connectivity index (χ2n) is 3.78. The number of allylic oxidation sites excluding steroid dienone is 1. The summed E-state index contributed by atoms with van der Waals surface area (Å²) in [4.78, 5) is 0. The van der Waals surface area contributed by atoms with E-state index >= 15 is 0 Å². The van der Waals surface area contributed by atoms with Gasteiger partial charge in [0.2, 0.25) is 0 Å². The molecule has 1 aliphatic rings. The second-order valence-corrected chi connectivity index (χ2v) is 3.78. The molecule has 0 heterocycles. The molecular weight excluding hydrogens is 220 g/mol. The van der Waals surface area contributed by atoms with Crippen LogP contribution in [-0.4, -0.2) is 38.6 Å². The predicted molar refractivity (Wildman–Crippen MR) is 65.4 cm³/mol. The van der Waals surface area contributed by atoms with Gasteiger partial charge in [0.1, 0.15) is 11.4 Å². The molecule has 0 fully saturated rings. The van der Waals surface area contributed by atoms with Crippen LogP contribution in [0.1, 0.15) is 12.8 Å². The molecule has 1 unspecified atom stereocenters. The van der Waals surface area contributed by atoms with E-state index in [0.717, 1.165) is 11.5 Å². The van der Waals surface area contributed by atoms with Gasteiger partial charge in [-0.25, -0.2) is 0 Å². The molecule has 0 spiro atoms. The lowest BCUT2D eigenvalue weighted by Gasteiger charge is -2.30. The Labute approximate surface area is 102 Å². The Morgan fingerprint density at radius 3 is 2.65 bits per heavy atom. The third kappa shape index (κ3) is 3.35. The molecular formula is C13H20O4. The van der Waals surface area contributed by atoms with Gasteiger partial charge in [0.05, 0.1) is 14.2 Å². The summed E-state index contributed by atoms with van der Waals surface area (Å²) in [6, 6.07) is 0. The van der Waals surface area contributed by atoms with E-state index in [-0.39, 0.29) is 6.61 Å². The lowest BCUT2D eigenvalue weighted by Crippen LogP contribution is -2.30. The van der Waals surface area contributed by atoms with Crippen molar-refractivity contribution in [2.24, 2.45) is 0 Å². The molecule has 4 heteroatoms.